The van der Waals surface area contributed by atoms with Crippen molar-refractivity contribution >= 4 is 27.5 Å². The van der Waals surface area contributed by atoms with Crippen molar-refractivity contribution in [2.75, 3.05) is 26.2 Å². The zero-order chi connectivity index (χ0) is 20.9. The molecule has 0 saturated carbocycles. The molecule has 2 N–H and O–H groups in total. The zero-order valence-corrected chi connectivity index (χ0v) is 16.9. The van der Waals surface area contributed by atoms with E-state index in [1.165, 1.54) is 11.1 Å². The van der Waals surface area contributed by atoms with Crippen LogP contribution >= 0.6 is 0 Å². The minimum Gasteiger partial charge on any atom is -0.489 e. The van der Waals surface area contributed by atoms with Gasteiger partial charge in [-0.15, -0.1) is 0 Å². The van der Waals surface area contributed by atoms with Gasteiger partial charge in [0.05, 0.1) is 23.2 Å². The van der Waals surface area contributed by atoms with Crippen LogP contribution in [-0.4, -0.2) is 45.7 Å². The average Bonchev–Trinajstić information content (AvgIpc) is 3.37. The van der Waals surface area contributed by atoms with Crippen LogP contribution in [0, 0.1) is 11.3 Å². The third kappa shape index (κ3) is 2.87. The number of aromatic amines is 2. The van der Waals surface area contributed by atoms with E-state index in [4.69, 9.17) is 4.74 Å². The molecule has 0 aliphatic carbocycles. The molecule has 2 aromatic heterocycles. The number of aromatic nitrogens is 3. The van der Waals surface area contributed by atoms with E-state index in [1.807, 2.05) is 47.2 Å². The molecule has 31 heavy (non-hydrogen) atoms. The molecule has 0 bridgehead atoms. The number of hydrogen-bond donors (Lipinski definition) is 2. The largest absolute Gasteiger partial charge is 0.489 e. The Morgan fingerprint density at radius 1 is 1.23 bits per heavy atom. The van der Waals surface area contributed by atoms with Crippen molar-refractivity contribution in [3.63, 3.8) is 0 Å². The van der Waals surface area contributed by atoms with Crippen molar-refractivity contribution in [2.45, 2.75) is 12.5 Å². The Morgan fingerprint density at radius 2 is 2.16 bits per heavy atom. The summed E-state index contributed by atoms with van der Waals surface area (Å²) in [7, 11) is 0. The second kappa shape index (κ2) is 6.89. The summed E-state index contributed by atoms with van der Waals surface area (Å²) in [4.78, 5) is 21.2. The molecule has 154 valence electrons. The first-order valence-corrected chi connectivity index (χ1v) is 10.5. The maximum Gasteiger partial charge on any atom is 0.326 e. The van der Waals surface area contributed by atoms with Crippen molar-refractivity contribution < 1.29 is 4.74 Å². The molecule has 2 aliphatic rings. The Morgan fingerprint density at radius 3 is 3.00 bits per heavy atom. The Labute approximate surface area is 178 Å². The van der Waals surface area contributed by atoms with Crippen LogP contribution in [0.25, 0.3) is 27.5 Å². The van der Waals surface area contributed by atoms with Gasteiger partial charge in [0.25, 0.3) is 0 Å². The lowest BCUT2D eigenvalue weighted by Gasteiger charge is -2.32. The van der Waals surface area contributed by atoms with Crippen LogP contribution in [0.5, 0.6) is 5.75 Å². The van der Waals surface area contributed by atoms with Crippen molar-refractivity contribution in [3.8, 4) is 11.8 Å². The number of imidazole rings is 1. The number of nitrogens with zero attached hydrogens (tertiary/aromatic N) is 3. The van der Waals surface area contributed by atoms with Gasteiger partial charge in [-0.1, -0.05) is 12.1 Å². The van der Waals surface area contributed by atoms with Crippen LogP contribution < -0.4 is 10.4 Å². The molecule has 4 heterocycles. The lowest BCUT2D eigenvalue weighted by Crippen LogP contribution is -2.40. The summed E-state index contributed by atoms with van der Waals surface area (Å²) in [6.45, 7) is 2.99. The molecule has 7 heteroatoms. The number of hydrogen-bond acceptors (Lipinski definition) is 4. The molecule has 1 unspecified atom stereocenters. The molecule has 0 fully saturated rings. The smallest absolute Gasteiger partial charge is 0.326 e. The molecule has 2 aromatic carbocycles. The van der Waals surface area contributed by atoms with Gasteiger partial charge < -0.3 is 14.7 Å². The maximum atomic E-state index is 12.6. The van der Waals surface area contributed by atoms with E-state index in [1.54, 1.807) is 0 Å². The van der Waals surface area contributed by atoms with E-state index in [2.05, 4.69) is 27.0 Å². The Kier molecular flexibility index (Phi) is 4.01. The van der Waals surface area contributed by atoms with Gasteiger partial charge in [0, 0.05) is 42.3 Å². The SMILES string of the molecule is N#Cc1ccc2[nH]cc(C3=CCN(CC4COc5cccc6[nH]c(=O)n4c56)CC3)c2c1. The summed E-state index contributed by atoms with van der Waals surface area (Å²) >= 11 is 0. The standard InChI is InChI=1S/C24H21N5O2/c25-11-15-4-5-20-18(10-15)19(12-26-20)16-6-8-28(9-7-16)13-17-14-31-22-3-1-2-21-23(22)29(17)24(30)27-21/h1-6,10,12,17,26H,7-9,13-14H2,(H,27,30). The first-order chi connectivity index (χ1) is 15.2. The predicted octanol–water partition coefficient (Wildman–Crippen LogP) is 3.41. The molecule has 0 amide bonds. The molecular formula is C24H21N5O2. The van der Waals surface area contributed by atoms with Gasteiger partial charge in [-0.3, -0.25) is 9.47 Å². The van der Waals surface area contributed by atoms with Gasteiger partial charge in [0.1, 0.15) is 17.9 Å². The number of rotatable bonds is 3. The van der Waals surface area contributed by atoms with E-state index < -0.39 is 0 Å². The summed E-state index contributed by atoms with van der Waals surface area (Å²) in [6.07, 6.45) is 5.22. The second-order valence-electron chi connectivity index (χ2n) is 8.23. The van der Waals surface area contributed by atoms with E-state index in [0.717, 1.165) is 53.7 Å². The first-order valence-electron chi connectivity index (χ1n) is 10.5. The highest BCUT2D eigenvalue weighted by Crippen LogP contribution is 2.33. The molecule has 0 spiro atoms. The summed E-state index contributed by atoms with van der Waals surface area (Å²) in [6, 6.07) is 13.7. The molecule has 1 atom stereocenters. The van der Waals surface area contributed by atoms with Gasteiger partial charge in [-0.05, 0) is 42.3 Å². The molecule has 0 saturated heterocycles. The highest BCUT2D eigenvalue weighted by Gasteiger charge is 2.27. The van der Waals surface area contributed by atoms with Gasteiger partial charge in [-0.25, -0.2) is 4.79 Å². The normalized spacial score (nSPS) is 18.7. The van der Waals surface area contributed by atoms with Crippen molar-refractivity contribution in [1.29, 1.82) is 5.26 Å². The molecule has 4 aromatic rings. The summed E-state index contributed by atoms with van der Waals surface area (Å²) in [5, 5.41) is 10.3. The van der Waals surface area contributed by atoms with E-state index >= 15 is 0 Å². The fourth-order valence-electron chi connectivity index (χ4n) is 4.88. The number of fused-ring (bicyclic) bond motifs is 1. The van der Waals surface area contributed by atoms with Gasteiger partial charge in [0.15, 0.2) is 0 Å². The van der Waals surface area contributed by atoms with E-state index in [0.29, 0.717) is 12.2 Å². The van der Waals surface area contributed by atoms with Crippen LogP contribution in [0.1, 0.15) is 23.6 Å². The minimum atomic E-state index is -0.0731. The number of ether oxygens (including phenoxy) is 1. The zero-order valence-electron chi connectivity index (χ0n) is 16.9. The molecule has 2 aliphatic heterocycles. The number of benzene rings is 2. The summed E-state index contributed by atoms with van der Waals surface area (Å²) in [5.74, 6) is 0.768. The van der Waals surface area contributed by atoms with E-state index in [9.17, 15) is 10.1 Å². The number of para-hydroxylation sites is 1. The molecule has 0 radical (unpaired) electrons. The fourth-order valence-corrected chi connectivity index (χ4v) is 4.88. The molecular weight excluding hydrogens is 390 g/mol. The Bertz CT molecular complexity index is 1450. The predicted molar refractivity (Wildman–Crippen MR) is 119 cm³/mol. The van der Waals surface area contributed by atoms with E-state index in [-0.39, 0.29) is 11.7 Å². The summed E-state index contributed by atoms with van der Waals surface area (Å²) < 4.78 is 7.82. The molecule has 7 nitrogen and oxygen atoms in total. The summed E-state index contributed by atoms with van der Waals surface area (Å²) in [5.41, 5.74) is 5.80. The van der Waals surface area contributed by atoms with Crippen LogP contribution in [0.4, 0.5) is 0 Å². The number of nitriles is 1. The van der Waals surface area contributed by atoms with Gasteiger partial charge >= 0.3 is 5.69 Å². The third-order valence-electron chi connectivity index (χ3n) is 6.42. The van der Waals surface area contributed by atoms with Crippen molar-refractivity contribution in [2.24, 2.45) is 0 Å². The highest BCUT2D eigenvalue weighted by molar-refractivity contribution is 5.93. The Balaban J connectivity index is 1.25. The lowest BCUT2D eigenvalue weighted by molar-refractivity contribution is 0.176. The van der Waals surface area contributed by atoms with Crippen molar-refractivity contribution in [1.82, 2.24) is 19.4 Å². The quantitative estimate of drug-likeness (QED) is 0.541. The topological polar surface area (TPSA) is 89.8 Å². The fraction of sp³-hybridized carbons (Fsp3) is 0.250. The average molecular weight is 411 g/mol. The third-order valence-corrected chi connectivity index (χ3v) is 6.42. The highest BCUT2D eigenvalue weighted by atomic mass is 16.5. The number of H-pyrrole nitrogens is 2. The second-order valence-corrected chi connectivity index (χ2v) is 8.23. The number of nitrogens with one attached hydrogen (secondary N) is 2. The lowest BCUT2D eigenvalue weighted by atomic mass is 9.98. The van der Waals surface area contributed by atoms with Crippen LogP contribution in [0.2, 0.25) is 0 Å². The van der Waals surface area contributed by atoms with Gasteiger partial charge in [-0.2, -0.15) is 5.26 Å². The van der Waals surface area contributed by atoms with Crippen LogP contribution in [-0.2, 0) is 0 Å². The van der Waals surface area contributed by atoms with Gasteiger partial charge in [0.2, 0.25) is 0 Å². The van der Waals surface area contributed by atoms with Crippen LogP contribution in [0.15, 0.2) is 53.5 Å². The Hall–Kier alpha value is -3.76. The van der Waals surface area contributed by atoms with Crippen LogP contribution in [0.3, 0.4) is 0 Å². The van der Waals surface area contributed by atoms with Crippen molar-refractivity contribution in [3.05, 3.63) is 70.3 Å². The minimum absolute atomic E-state index is 0.0163. The first kappa shape index (κ1) is 18.0. The monoisotopic (exact) mass is 411 g/mol. The maximum absolute atomic E-state index is 12.6. The molecule has 6 rings (SSSR count).